The van der Waals surface area contributed by atoms with Gasteiger partial charge in [-0.05, 0) is 42.7 Å². The first kappa shape index (κ1) is 15.7. The Morgan fingerprint density at radius 2 is 1.89 bits per heavy atom. The van der Waals surface area contributed by atoms with Crippen LogP contribution in [-0.4, -0.2) is 12.6 Å². The third-order valence-corrected chi connectivity index (χ3v) is 3.04. The topological polar surface area (TPSA) is 26.3 Å². The van der Waals surface area contributed by atoms with Crippen LogP contribution in [0.2, 0.25) is 0 Å². The van der Waals surface area contributed by atoms with Crippen molar-refractivity contribution in [1.82, 2.24) is 0 Å². The molecule has 0 aromatic heterocycles. The molecule has 0 saturated carbocycles. The average molecular weight is 262 g/mol. The van der Waals surface area contributed by atoms with E-state index in [-0.39, 0.29) is 5.97 Å². The van der Waals surface area contributed by atoms with Gasteiger partial charge in [-0.2, -0.15) is 0 Å². The molecule has 106 valence electrons. The molecule has 0 heterocycles. The molecule has 0 amide bonds. The highest BCUT2D eigenvalue weighted by molar-refractivity contribution is 5.69. The maximum Gasteiger partial charge on any atom is 0.305 e. The zero-order chi connectivity index (χ0) is 14.1. The third kappa shape index (κ3) is 6.42. The monoisotopic (exact) mass is 262 g/mol. The molecule has 0 fully saturated rings. The molecule has 0 unspecified atom stereocenters. The molecule has 2 heteroatoms. The second-order valence-electron chi connectivity index (χ2n) is 5.44. The molecule has 1 aromatic carbocycles. The summed E-state index contributed by atoms with van der Waals surface area (Å²) >= 11 is 0. The lowest BCUT2D eigenvalue weighted by Gasteiger charge is -2.11. The predicted octanol–water partition coefficient (Wildman–Crippen LogP) is 4.16. The van der Waals surface area contributed by atoms with E-state index in [1.807, 2.05) is 6.92 Å². The SMILES string of the molecule is CCCOC(=O)CCCc1ccccc1CC(C)C. The number of esters is 1. The number of benzene rings is 1. The fourth-order valence-corrected chi connectivity index (χ4v) is 2.15. The molecule has 1 aromatic rings. The van der Waals surface area contributed by atoms with E-state index >= 15 is 0 Å². The van der Waals surface area contributed by atoms with Crippen LogP contribution >= 0.6 is 0 Å². The largest absolute Gasteiger partial charge is 0.466 e. The molecule has 0 atom stereocenters. The Kier molecular flexibility index (Phi) is 7.24. The van der Waals surface area contributed by atoms with E-state index in [9.17, 15) is 4.79 Å². The van der Waals surface area contributed by atoms with Crippen LogP contribution in [0.5, 0.6) is 0 Å². The smallest absolute Gasteiger partial charge is 0.305 e. The maximum atomic E-state index is 11.4. The zero-order valence-electron chi connectivity index (χ0n) is 12.4. The predicted molar refractivity (Wildman–Crippen MR) is 79.2 cm³/mol. The lowest BCUT2D eigenvalue weighted by atomic mass is 9.95. The highest BCUT2D eigenvalue weighted by Crippen LogP contribution is 2.16. The lowest BCUT2D eigenvalue weighted by Crippen LogP contribution is -2.06. The van der Waals surface area contributed by atoms with Gasteiger partial charge >= 0.3 is 5.97 Å². The molecule has 0 bridgehead atoms. The van der Waals surface area contributed by atoms with E-state index in [0.29, 0.717) is 18.9 Å². The first-order valence-electron chi connectivity index (χ1n) is 7.35. The van der Waals surface area contributed by atoms with Crippen LogP contribution in [0, 0.1) is 5.92 Å². The molecule has 0 aliphatic heterocycles. The van der Waals surface area contributed by atoms with Gasteiger partial charge in [-0.1, -0.05) is 45.0 Å². The van der Waals surface area contributed by atoms with Gasteiger partial charge in [-0.3, -0.25) is 4.79 Å². The summed E-state index contributed by atoms with van der Waals surface area (Å²) in [5, 5.41) is 0. The van der Waals surface area contributed by atoms with Crippen molar-refractivity contribution in [2.75, 3.05) is 6.61 Å². The van der Waals surface area contributed by atoms with Crippen LogP contribution in [0.25, 0.3) is 0 Å². The minimum absolute atomic E-state index is 0.0665. The van der Waals surface area contributed by atoms with Crippen molar-refractivity contribution in [3.8, 4) is 0 Å². The van der Waals surface area contributed by atoms with E-state index in [4.69, 9.17) is 4.74 Å². The van der Waals surface area contributed by atoms with Gasteiger partial charge in [0.15, 0.2) is 0 Å². The van der Waals surface area contributed by atoms with Crippen molar-refractivity contribution >= 4 is 5.97 Å². The number of rotatable bonds is 8. The van der Waals surface area contributed by atoms with Crippen LogP contribution in [0.1, 0.15) is 51.2 Å². The van der Waals surface area contributed by atoms with Crippen molar-refractivity contribution in [2.24, 2.45) is 5.92 Å². The summed E-state index contributed by atoms with van der Waals surface area (Å²) in [6.45, 7) is 7.02. The standard InChI is InChI=1S/C17H26O2/c1-4-12-19-17(18)11-7-10-15-8-5-6-9-16(15)13-14(2)3/h5-6,8-9,14H,4,7,10-13H2,1-3H3. The second kappa shape index (κ2) is 8.73. The minimum atomic E-state index is -0.0665. The van der Waals surface area contributed by atoms with Crippen LogP contribution < -0.4 is 0 Å². The average Bonchev–Trinajstić information content (AvgIpc) is 2.38. The Hall–Kier alpha value is -1.31. The quantitative estimate of drug-likeness (QED) is 0.657. The van der Waals surface area contributed by atoms with Gasteiger partial charge in [0.25, 0.3) is 0 Å². The summed E-state index contributed by atoms with van der Waals surface area (Å²) < 4.78 is 5.08. The van der Waals surface area contributed by atoms with Crippen LogP contribution in [0.4, 0.5) is 0 Å². The third-order valence-electron chi connectivity index (χ3n) is 3.04. The molecule has 0 aliphatic rings. The number of ether oxygens (including phenoxy) is 1. The maximum absolute atomic E-state index is 11.4. The molecule has 19 heavy (non-hydrogen) atoms. The van der Waals surface area contributed by atoms with Gasteiger partial charge in [0.05, 0.1) is 6.61 Å². The summed E-state index contributed by atoms with van der Waals surface area (Å²) in [5.74, 6) is 0.596. The minimum Gasteiger partial charge on any atom is -0.466 e. The summed E-state index contributed by atoms with van der Waals surface area (Å²) in [6, 6.07) is 8.55. The Balaban J connectivity index is 2.42. The molecule has 2 nitrogen and oxygen atoms in total. The zero-order valence-corrected chi connectivity index (χ0v) is 12.4. The first-order valence-corrected chi connectivity index (χ1v) is 7.35. The van der Waals surface area contributed by atoms with Gasteiger partial charge in [0, 0.05) is 6.42 Å². The van der Waals surface area contributed by atoms with Crippen molar-refractivity contribution in [1.29, 1.82) is 0 Å². The molecule has 0 N–H and O–H groups in total. The van der Waals surface area contributed by atoms with E-state index in [1.54, 1.807) is 0 Å². The molecule has 0 aliphatic carbocycles. The van der Waals surface area contributed by atoms with Gasteiger partial charge in [-0.25, -0.2) is 0 Å². The number of hydrogen-bond donors (Lipinski definition) is 0. The van der Waals surface area contributed by atoms with E-state index in [2.05, 4.69) is 38.1 Å². The van der Waals surface area contributed by atoms with E-state index < -0.39 is 0 Å². The Bertz CT molecular complexity index is 383. The van der Waals surface area contributed by atoms with Crippen molar-refractivity contribution in [3.05, 3.63) is 35.4 Å². The van der Waals surface area contributed by atoms with Crippen LogP contribution in [-0.2, 0) is 22.4 Å². The number of carbonyl (C=O) groups excluding carboxylic acids is 1. The highest BCUT2D eigenvalue weighted by Gasteiger charge is 2.06. The van der Waals surface area contributed by atoms with E-state index in [0.717, 1.165) is 25.7 Å². The number of aryl methyl sites for hydroxylation is 1. The van der Waals surface area contributed by atoms with Crippen LogP contribution in [0.3, 0.4) is 0 Å². The van der Waals surface area contributed by atoms with Crippen molar-refractivity contribution < 1.29 is 9.53 Å². The van der Waals surface area contributed by atoms with Crippen molar-refractivity contribution in [3.63, 3.8) is 0 Å². The van der Waals surface area contributed by atoms with Gasteiger partial charge in [-0.15, -0.1) is 0 Å². The van der Waals surface area contributed by atoms with Gasteiger partial charge < -0.3 is 4.74 Å². The second-order valence-corrected chi connectivity index (χ2v) is 5.44. The molecular weight excluding hydrogens is 236 g/mol. The number of carbonyl (C=O) groups is 1. The van der Waals surface area contributed by atoms with Gasteiger partial charge in [0.1, 0.15) is 0 Å². The Labute approximate surface area is 117 Å². The van der Waals surface area contributed by atoms with Crippen LogP contribution in [0.15, 0.2) is 24.3 Å². The first-order chi connectivity index (χ1) is 9.13. The molecule has 0 spiro atoms. The van der Waals surface area contributed by atoms with Gasteiger partial charge in [0.2, 0.25) is 0 Å². The fraction of sp³-hybridized carbons (Fsp3) is 0.588. The number of hydrogen-bond acceptors (Lipinski definition) is 2. The summed E-state index contributed by atoms with van der Waals surface area (Å²) in [5.41, 5.74) is 2.79. The summed E-state index contributed by atoms with van der Waals surface area (Å²) in [7, 11) is 0. The van der Waals surface area contributed by atoms with Crippen molar-refractivity contribution in [2.45, 2.75) is 52.9 Å². The molecule has 0 saturated heterocycles. The fourth-order valence-electron chi connectivity index (χ4n) is 2.15. The Morgan fingerprint density at radius 1 is 1.21 bits per heavy atom. The summed E-state index contributed by atoms with van der Waals surface area (Å²) in [6.07, 6.45) is 4.36. The summed E-state index contributed by atoms with van der Waals surface area (Å²) in [4.78, 5) is 11.4. The Morgan fingerprint density at radius 3 is 2.53 bits per heavy atom. The molecular formula is C17H26O2. The highest BCUT2D eigenvalue weighted by atomic mass is 16.5. The lowest BCUT2D eigenvalue weighted by molar-refractivity contribution is -0.143. The molecule has 0 radical (unpaired) electrons. The normalized spacial score (nSPS) is 10.7. The van der Waals surface area contributed by atoms with E-state index in [1.165, 1.54) is 11.1 Å². The molecule has 1 rings (SSSR count).